The highest BCUT2D eigenvalue weighted by Crippen LogP contribution is 2.19. The van der Waals surface area contributed by atoms with Crippen LogP contribution in [-0.4, -0.2) is 9.97 Å². The second-order valence-corrected chi connectivity index (χ2v) is 4.49. The number of hydrogen-bond donors (Lipinski definition) is 1. The van der Waals surface area contributed by atoms with Crippen LogP contribution in [0.25, 0.3) is 0 Å². The van der Waals surface area contributed by atoms with E-state index in [1.807, 2.05) is 38.2 Å². The molecule has 0 unspecified atom stereocenters. The molecule has 0 atom stereocenters. The van der Waals surface area contributed by atoms with Crippen LogP contribution in [0, 0.1) is 13.8 Å². The van der Waals surface area contributed by atoms with E-state index in [2.05, 4.69) is 31.2 Å². The Hall–Kier alpha value is -1.42. The van der Waals surface area contributed by atoms with Crippen LogP contribution in [0.3, 0.4) is 0 Å². The van der Waals surface area contributed by atoms with Crippen molar-refractivity contribution in [3.8, 4) is 0 Å². The number of pyridine rings is 2. The maximum atomic E-state index is 4.41. The highest BCUT2D eigenvalue weighted by atomic mass is 79.9. The van der Waals surface area contributed by atoms with E-state index in [4.69, 9.17) is 0 Å². The molecule has 0 aliphatic heterocycles. The van der Waals surface area contributed by atoms with E-state index in [1.54, 1.807) is 6.20 Å². The van der Waals surface area contributed by atoms with Gasteiger partial charge in [-0.1, -0.05) is 0 Å². The maximum absolute atomic E-state index is 4.41. The third-order valence-corrected chi connectivity index (χ3v) is 3.01. The first-order valence-electron chi connectivity index (χ1n) is 4.97. The van der Waals surface area contributed by atoms with Gasteiger partial charge < -0.3 is 5.32 Å². The molecule has 0 aliphatic rings. The first-order chi connectivity index (χ1) is 7.65. The smallest absolute Gasteiger partial charge is 0.130 e. The summed E-state index contributed by atoms with van der Waals surface area (Å²) < 4.78 is 1.01. The standard InChI is InChI=1S/C12H12BrN3/c1-8-5-10(7-14-6-8)16-12-4-3-11(13)9(2)15-12/h3-7H,1-2H3,(H,15,16). The Morgan fingerprint density at radius 2 is 2.00 bits per heavy atom. The van der Waals surface area contributed by atoms with Crippen molar-refractivity contribution >= 4 is 27.4 Å². The lowest BCUT2D eigenvalue weighted by atomic mass is 10.3. The molecule has 16 heavy (non-hydrogen) atoms. The van der Waals surface area contributed by atoms with Gasteiger partial charge in [-0.25, -0.2) is 4.98 Å². The molecular weight excluding hydrogens is 266 g/mol. The predicted molar refractivity (Wildman–Crippen MR) is 68.9 cm³/mol. The van der Waals surface area contributed by atoms with Gasteiger partial charge in [0.2, 0.25) is 0 Å². The normalized spacial score (nSPS) is 10.2. The molecule has 0 bridgehead atoms. The fourth-order valence-electron chi connectivity index (χ4n) is 1.38. The van der Waals surface area contributed by atoms with E-state index in [1.165, 1.54) is 0 Å². The molecule has 0 saturated heterocycles. The van der Waals surface area contributed by atoms with Crippen molar-refractivity contribution in [2.75, 3.05) is 5.32 Å². The lowest BCUT2D eigenvalue weighted by Crippen LogP contribution is -1.96. The van der Waals surface area contributed by atoms with Gasteiger partial charge in [0.05, 0.1) is 17.6 Å². The Morgan fingerprint density at radius 3 is 2.69 bits per heavy atom. The van der Waals surface area contributed by atoms with Gasteiger partial charge in [0.25, 0.3) is 0 Å². The van der Waals surface area contributed by atoms with E-state index in [0.717, 1.165) is 27.2 Å². The number of rotatable bonds is 2. The molecule has 0 spiro atoms. The van der Waals surface area contributed by atoms with Crippen molar-refractivity contribution in [1.82, 2.24) is 9.97 Å². The van der Waals surface area contributed by atoms with Crippen molar-refractivity contribution < 1.29 is 0 Å². The molecule has 2 rings (SSSR count). The van der Waals surface area contributed by atoms with E-state index in [-0.39, 0.29) is 0 Å². The number of nitrogens with zero attached hydrogens (tertiary/aromatic N) is 2. The van der Waals surface area contributed by atoms with Crippen LogP contribution in [0.2, 0.25) is 0 Å². The van der Waals surface area contributed by atoms with Gasteiger partial charge >= 0.3 is 0 Å². The zero-order valence-electron chi connectivity index (χ0n) is 9.16. The molecule has 3 nitrogen and oxygen atoms in total. The molecule has 0 radical (unpaired) electrons. The summed E-state index contributed by atoms with van der Waals surface area (Å²) in [5.41, 5.74) is 3.04. The Balaban J connectivity index is 2.24. The summed E-state index contributed by atoms with van der Waals surface area (Å²) in [6, 6.07) is 5.94. The first kappa shape index (κ1) is 11.1. The lowest BCUT2D eigenvalue weighted by Gasteiger charge is -2.07. The molecule has 0 aliphatic carbocycles. The predicted octanol–water partition coefficient (Wildman–Crippen LogP) is 3.60. The molecule has 0 aromatic carbocycles. The summed E-state index contributed by atoms with van der Waals surface area (Å²) in [6.07, 6.45) is 3.61. The highest BCUT2D eigenvalue weighted by Gasteiger charge is 2.00. The van der Waals surface area contributed by atoms with Crippen LogP contribution in [0.1, 0.15) is 11.3 Å². The number of anilines is 2. The van der Waals surface area contributed by atoms with Gasteiger partial charge in [-0.2, -0.15) is 0 Å². The van der Waals surface area contributed by atoms with E-state index in [0.29, 0.717) is 0 Å². The molecule has 0 fully saturated rings. The van der Waals surface area contributed by atoms with Crippen LogP contribution in [0.4, 0.5) is 11.5 Å². The van der Waals surface area contributed by atoms with Crippen molar-refractivity contribution in [2.24, 2.45) is 0 Å². The molecule has 2 aromatic rings. The van der Waals surface area contributed by atoms with Gasteiger partial charge in [-0.05, 0) is 53.5 Å². The average Bonchev–Trinajstić information content (AvgIpc) is 2.24. The van der Waals surface area contributed by atoms with Gasteiger partial charge in [-0.15, -0.1) is 0 Å². The minimum atomic E-state index is 0.827. The summed E-state index contributed by atoms with van der Waals surface area (Å²) in [6.45, 7) is 3.97. The fraction of sp³-hybridized carbons (Fsp3) is 0.167. The summed E-state index contributed by atoms with van der Waals surface area (Å²) in [7, 11) is 0. The largest absolute Gasteiger partial charge is 0.339 e. The number of nitrogens with one attached hydrogen (secondary N) is 1. The third kappa shape index (κ3) is 2.58. The average molecular weight is 278 g/mol. The zero-order valence-corrected chi connectivity index (χ0v) is 10.7. The zero-order chi connectivity index (χ0) is 11.5. The molecule has 82 valence electrons. The van der Waals surface area contributed by atoms with Gasteiger partial charge in [0.15, 0.2) is 0 Å². The topological polar surface area (TPSA) is 37.8 Å². The second-order valence-electron chi connectivity index (χ2n) is 3.64. The van der Waals surface area contributed by atoms with Crippen LogP contribution in [0.5, 0.6) is 0 Å². The molecule has 0 saturated carbocycles. The van der Waals surface area contributed by atoms with E-state index < -0.39 is 0 Å². The lowest BCUT2D eigenvalue weighted by molar-refractivity contribution is 1.17. The summed E-state index contributed by atoms with van der Waals surface area (Å²) >= 11 is 3.42. The van der Waals surface area contributed by atoms with Crippen LogP contribution in [0.15, 0.2) is 35.1 Å². The van der Waals surface area contributed by atoms with Crippen molar-refractivity contribution in [1.29, 1.82) is 0 Å². The van der Waals surface area contributed by atoms with Gasteiger partial charge in [-0.3, -0.25) is 4.98 Å². The molecular formula is C12H12BrN3. The highest BCUT2D eigenvalue weighted by molar-refractivity contribution is 9.10. The summed E-state index contributed by atoms with van der Waals surface area (Å²) in [5.74, 6) is 0.827. The molecule has 4 heteroatoms. The minimum absolute atomic E-state index is 0.827. The van der Waals surface area contributed by atoms with Gasteiger partial charge in [0.1, 0.15) is 5.82 Å². The number of halogens is 1. The molecule has 2 aromatic heterocycles. The number of aromatic nitrogens is 2. The van der Waals surface area contributed by atoms with Crippen LogP contribution in [-0.2, 0) is 0 Å². The van der Waals surface area contributed by atoms with Crippen molar-refractivity contribution in [3.05, 3.63) is 46.3 Å². The third-order valence-electron chi connectivity index (χ3n) is 2.17. The van der Waals surface area contributed by atoms with Crippen LogP contribution >= 0.6 is 15.9 Å². The molecule has 2 heterocycles. The van der Waals surface area contributed by atoms with E-state index in [9.17, 15) is 0 Å². The van der Waals surface area contributed by atoms with Gasteiger partial charge in [0, 0.05) is 10.7 Å². The van der Waals surface area contributed by atoms with E-state index >= 15 is 0 Å². The Kier molecular flexibility index (Phi) is 3.19. The minimum Gasteiger partial charge on any atom is -0.339 e. The second kappa shape index (κ2) is 4.61. The van der Waals surface area contributed by atoms with Crippen molar-refractivity contribution in [2.45, 2.75) is 13.8 Å². The molecule has 1 N–H and O–H groups in total. The fourth-order valence-corrected chi connectivity index (χ4v) is 1.61. The first-order valence-corrected chi connectivity index (χ1v) is 5.76. The number of aryl methyl sites for hydroxylation is 2. The summed E-state index contributed by atoms with van der Waals surface area (Å²) in [5, 5.41) is 3.22. The quantitative estimate of drug-likeness (QED) is 0.912. The summed E-state index contributed by atoms with van der Waals surface area (Å²) in [4.78, 5) is 8.53. The van der Waals surface area contributed by atoms with Crippen LogP contribution < -0.4 is 5.32 Å². The maximum Gasteiger partial charge on any atom is 0.130 e. The monoisotopic (exact) mass is 277 g/mol. The Morgan fingerprint density at radius 1 is 1.19 bits per heavy atom. The molecule has 0 amide bonds. The SMILES string of the molecule is Cc1cncc(Nc2ccc(Br)c(C)n2)c1. The Bertz CT molecular complexity index is 511. The van der Waals surface area contributed by atoms with Crippen molar-refractivity contribution in [3.63, 3.8) is 0 Å². The Labute approximate surface area is 103 Å². The number of hydrogen-bond acceptors (Lipinski definition) is 3.